The van der Waals surface area contributed by atoms with E-state index in [1.54, 1.807) is 18.2 Å². The zero-order valence-electron chi connectivity index (χ0n) is 6.96. The van der Waals surface area contributed by atoms with Gasteiger partial charge in [0.1, 0.15) is 5.52 Å². The van der Waals surface area contributed by atoms with Gasteiger partial charge in [-0.25, -0.2) is 4.98 Å². The lowest BCUT2D eigenvalue weighted by atomic mass is 10.3. The van der Waals surface area contributed by atoms with Gasteiger partial charge >= 0.3 is 0 Å². The number of ketones is 1. The van der Waals surface area contributed by atoms with Crippen molar-refractivity contribution in [3.63, 3.8) is 0 Å². The number of benzene rings is 1. The van der Waals surface area contributed by atoms with Crippen molar-refractivity contribution >= 4 is 44.4 Å². The van der Waals surface area contributed by atoms with Gasteiger partial charge in [-0.3, -0.25) is 4.79 Å². The highest BCUT2D eigenvalue weighted by molar-refractivity contribution is 9.09. The first kappa shape index (κ1) is 9.68. The molecule has 1 aromatic carbocycles. The summed E-state index contributed by atoms with van der Waals surface area (Å²) in [4.78, 5) is 15.2. The minimum atomic E-state index is -0.183. The normalized spacial score (nSPS) is 10.7. The highest BCUT2D eigenvalue weighted by Gasteiger charge is 2.12. The second-order valence-electron chi connectivity index (χ2n) is 2.69. The molecule has 0 spiro atoms. The van der Waals surface area contributed by atoms with Gasteiger partial charge < -0.3 is 4.42 Å². The molecule has 1 aromatic heterocycles. The fourth-order valence-electron chi connectivity index (χ4n) is 1.08. The van der Waals surface area contributed by atoms with Crippen LogP contribution in [0.5, 0.6) is 0 Å². The van der Waals surface area contributed by atoms with Gasteiger partial charge in [0.2, 0.25) is 5.78 Å². The molecule has 0 N–H and O–H groups in total. The van der Waals surface area contributed by atoms with E-state index in [0.29, 0.717) is 16.1 Å². The highest BCUT2D eigenvalue weighted by atomic mass is 79.9. The Morgan fingerprint density at radius 3 is 3.07 bits per heavy atom. The minimum absolute atomic E-state index is 0.110. The molecule has 0 saturated carbocycles. The van der Waals surface area contributed by atoms with Crippen LogP contribution >= 0.6 is 27.5 Å². The highest BCUT2D eigenvalue weighted by Crippen LogP contribution is 2.20. The topological polar surface area (TPSA) is 43.1 Å². The Morgan fingerprint density at radius 2 is 2.36 bits per heavy atom. The number of hydrogen-bond acceptors (Lipinski definition) is 3. The third kappa shape index (κ3) is 1.67. The molecule has 72 valence electrons. The Balaban J connectivity index is 2.56. The average molecular weight is 275 g/mol. The third-order valence-electron chi connectivity index (χ3n) is 1.71. The number of hydrogen-bond donors (Lipinski definition) is 0. The van der Waals surface area contributed by atoms with E-state index in [4.69, 9.17) is 16.0 Å². The van der Waals surface area contributed by atoms with Crippen LogP contribution in [0.4, 0.5) is 0 Å². The lowest BCUT2D eigenvalue weighted by molar-refractivity contribution is 0.0989. The fraction of sp³-hybridized carbons (Fsp3) is 0.111. The van der Waals surface area contributed by atoms with Crippen molar-refractivity contribution in [2.45, 2.75) is 0 Å². The van der Waals surface area contributed by atoms with E-state index in [1.165, 1.54) is 0 Å². The fourth-order valence-corrected chi connectivity index (χ4v) is 1.48. The van der Waals surface area contributed by atoms with Crippen molar-refractivity contribution in [1.82, 2.24) is 4.98 Å². The number of rotatable bonds is 2. The summed E-state index contributed by atoms with van der Waals surface area (Å²) >= 11 is 8.81. The molecule has 0 atom stereocenters. The van der Waals surface area contributed by atoms with Gasteiger partial charge in [0.05, 0.1) is 5.33 Å². The van der Waals surface area contributed by atoms with Gasteiger partial charge in [-0.15, -0.1) is 0 Å². The molecular weight excluding hydrogens is 269 g/mol. The molecule has 0 aliphatic rings. The molecule has 2 aromatic rings. The van der Waals surface area contributed by atoms with Crippen LogP contribution in [0.2, 0.25) is 5.02 Å². The quantitative estimate of drug-likeness (QED) is 0.624. The second-order valence-corrected chi connectivity index (χ2v) is 3.69. The van der Waals surface area contributed by atoms with Crippen LogP contribution in [0.1, 0.15) is 10.7 Å². The Labute approximate surface area is 93.2 Å². The SMILES string of the molecule is O=C(CBr)c1nc2cc(Cl)ccc2o1. The molecule has 0 radical (unpaired) electrons. The van der Waals surface area contributed by atoms with Crippen LogP contribution in [-0.4, -0.2) is 16.1 Å². The van der Waals surface area contributed by atoms with Crippen LogP contribution in [0, 0.1) is 0 Å². The standard InChI is InChI=1S/C9H5BrClNO2/c10-4-7(13)9-12-6-3-5(11)1-2-8(6)14-9/h1-3H,4H2. The molecule has 0 amide bonds. The number of halogens is 2. The monoisotopic (exact) mass is 273 g/mol. The zero-order valence-corrected chi connectivity index (χ0v) is 9.30. The smallest absolute Gasteiger partial charge is 0.265 e. The first-order valence-corrected chi connectivity index (χ1v) is 5.36. The summed E-state index contributed by atoms with van der Waals surface area (Å²) in [6.07, 6.45) is 0. The molecule has 0 bridgehead atoms. The van der Waals surface area contributed by atoms with Crippen molar-refractivity contribution in [3.8, 4) is 0 Å². The van der Waals surface area contributed by atoms with E-state index in [2.05, 4.69) is 20.9 Å². The Hall–Kier alpha value is -0.870. The molecule has 14 heavy (non-hydrogen) atoms. The minimum Gasteiger partial charge on any atom is -0.434 e. The summed E-state index contributed by atoms with van der Waals surface area (Å²) in [6.45, 7) is 0. The first-order valence-electron chi connectivity index (χ1n) is 3.86. The van der Waals surface area contributed by atoms with Crippen LogP contribution in [0.3, 0.4) is 0 Å². The van der Waals surface area contributed by atoms with Crippen LogP contribution in [-0.2, 0) is 0 Å². The Morgan fingerprint density at radius 1 is 1.57 bits per heavy atom. The molecular formula is C9H5BrClNO2. The van der Waals surface area contributed by atoms with Crippen LogP contribution in [0.15, 0.2) is 22.6 Å². The molecule has 0 aliphatic heterocycles. The summed E-state index contributed by atoms with van der Waals surface area (Å²) < 4.78 is 5.23. The number of alkyl halides is 1. The molecule has 0 aliphatic carbocycles. The summed E-state index contributed by atoms with van der Waals surface area (Å²) in [5.41, 5.74) is 1.17. The van der Waals surface area contributed by atoms with E-state index in [1.807, 2.05) is 0 Å². The van der Waals surface area contributed by atoms with Crippen molar-refractivity contribution < 1.29 is 9.21 Å². The number of Topliss-reactive ketones (excluding diaryl/α,β-unsaturated/α-hetero) is 1. The van der Waals surface area contributed by atoms with Gasteiger partial charge in [-0.05, 0) is 18.2 Å². The van der Waals surface area contributed by atoms with Crippen molar-refractivity contribution in [1.29, 1.82) is 0 Å². The van der Waals surface area contributed by atoms with E-state index >= 15 is 0 Å². The number of carbonyl (C=O) groups excluding carboxylic acids is 1. The Kier molecular flexibility index (Phi) is 2.56. The second kappa shape index (κ2) is 3.71. The molecule has 3 nitrogen and oxygen atoms in total. The molecule has 2 rings (SSSR count). The van der Waals surface area contributed by atoms with Gasteiger partial charge in [-0.2, -0.15) is 0 Å². The maximum Gasteiger partial charge on any atom is 0.265 e. The van der Waals surface area contributed by atoms with Crippen LogP contribution in [0.25, 0.3) is 11.1 Å². The lowest BCUT2D eigenvalue weighted by Gasteiger charge is -1.85. The number of nitrogens with zero attached hydrogens (tertiary/aromatic N) is 1. The van der Waals surface area contributed by atoms with Crippen molar-refractivity contribution in [3.05, 3.63) is 29.1 Å². The number of oxazole rings is 1. The predicted molar refractivity (Wildman–Crippen MR) is 57.1 cm³/mol. The molecule has 0 fully saturated rings. The summed E-state index contributed by atoms with van der Waals surface area (Å²) in [5, 5.41) is 0.775. The third-order valence-corrected chi connectivity index (χ3v) is 2.45. The van der Waals surface area contributed by atoms with Crippen molar-refractivity contribution in [2.24, 2.45) is 0 Å². The van der Waals surface area contributed by atoms with Gasteiger partial charge in [0.15, 0.2) is 5.58 Å². The van der Waals surface area contributed by atoms with E-state index in [0.717, 1.165) is 0 Å². The van der Waals surface area contributed by atoms with Gasteiger partial charge in [0, 0.05) is 5.02 Å². The van der Waals surface area contributed by atoms with Gasteiger partial charge in [0.25, 0.3) is 5.89 Å². The van der Waals surface area contributed by atoms with Crippen LogP contribution < -0.4 is 0 Å². The maximum atomic E-state index is 11.2. The average Bonchev–Trinajstić information content (AvgIpc) is 2.59. The largest absolute Gasteiger partial charge is 0.434 e. The zero-order chi connectivity index (χ0) is 10.1. The molecule has 0 unspecified atom stereocenters. The number of aromatic nitrogens is 1. The molecule has 0 saturated heterocycles. The predicted octanol–water partition coefficient (Wildman–Crippen LogP) is 3.06. The summed E-state index contributed by atoms with van der Waals surface area (Å²) in [6, 6.07) is 5.04. The number of carbonyl (C=O) groups is 1. The Bertz CT molecular complexity index is 495. The molecule has 1 heterocycles. The summed E-state index contributed by atoms with van der Waals surface area (Å²) in [7, 11) is 0. The van der Waals surface area contributed by atoms with E-state index in [-0.39, 0.29) is 17.0 Å². The molecule has 5 heteroatoms. The van der Waals surface area contributed by atoms with E-state index < -0.39 is 0 Å². The summed E-state index contributed by atoms with van der Waals surface area (Å²) in [5.74, 6) is -0.0727. The lowest BCUT2D eigenvalue weighted by Crippen LogP contribution is -1.99. The van der Waals surface area contributed by atoms with Crippen molar-refractivity contribution in [2.75, 3.05) is 5.33 Å². The number of fused-ring (bicyclic) bond motifs is 1. The van der Waals surface area contributed by atoms with Gasteiger partial charge in [-0.1, -0.05) is 27.5 Å². The maximum absolute atomic E-state index is 11.2. The first-order chi connectivity index (χ1) is 6.70. The van der Waals surface area contributed by atoms with E-state index in [9.17, 15) is 4.79 Å².